The summed E-state index contributed by atoms with van der Waals surface area (Å²) in [6.07, 6.45) is 0. The van der Waals surface area contributed by atoms with Crippen LogP contribution in [0.1, 0.15) is 36.7 Å². The maximum absolute atomic E-state index is 11.8. The number of methoxy groups -OCH3 is 1. The van der Waals surface area contributed by atoms with E-state index in [2.05, 4.69) is 32.9 Å². The summed E-state index contributed by atoms with van der Waals surface area (Å²) in [6, 6.07) is 8.22. The number of hydrogen-bond acceptors (Lipinski definition) is 4. The average molecular weight is 289 g/mol. The highest BCUT2D eigenvalue weighted by atomic mass is 32.1. The van der Waals surface area contributed by atoms with Crippen molar-refractivity contribution < 1.29 is 9.53 Å². The lowest BCUT2D eigenvalue weighted by atomic mass is 9.86. The van der Waals surface area contributed by atoms with Crippen LogP contribution in [0.5, 0.6) is 0 Å². The highest BCUT2D eigenvalue weighted by Crippen LogP contribution is 2.35. The first-order valence-corrected chi connectivity index (χ1v) is 7.28. The van der Waals surface area contributed by atoms with Crippen LogP contribution in [0.3, 0.4) is 0 Å². The second kappa shape index (κ2) is 5.29. The Kier molecular flexibility index (Phi) is 3.86. The van der Waals surface area contributed by atoms with Gasteiger partial charge in [-0.2, -0.15) is 0 Å². The molecule has 0 aliphatic heterocycles. The van der Waals surface area contributed by atoms with Gasteiger partial charge in [-0.3, -0.25) is 0 Å². The van der Waals surface area contributed by atoms with Crippen molar-refractivity contribution in [3.05, 3.63) is 40.8 Å². The molecule has 0 aliphatic rings. The molecule has 2 N–H and O–H groups in total. The number of hydrogen-bond donors (Lipinski definition) is 1. The molecule has 2 aromatic rings. The van der Waals surface area contributed by atoms with Crippen LogP contribution in [-0.4, -0.2) is 13.1 Å². The maximum Gasteiger partial charge on any atom is 0.341 e. The Morgan fingerprint density at radius 3 is 2.30 bits per heavy atom. The third-order valence-corrected chi connectivity index (χ3v) is 4.08. The van der Waals surface area contributed by atoms with Gasteiger partial charge >= 0.3 is 5.97 Å². The van der Waals surface area contributed by atoms with Gasteiger partial charge in [0.25, 0.3) is 0 Å². The van der Waals surface area contributed by atoms with Crippen molar-refractivity contribution in [1.82, 2.24) is 0 Å². The van der Waals surface area contributed by atoms with Crippen molar-refractivity contribution in [2.24, 2.45) is 0 Å². The highest BCUT2D eigenvalue weighted by molar-refractivity contribution is 7.14. The molecular formula is C16H19NO2S. The van der Waals surface area contributed by atoms with Crippen molar-refractivity contribution in [1.29, 1.82) is 0 Å². The van der Waals surface area contributed by atoms with Crippen LogP contribution >= 0.6 is 11.3 Å². The molecule has 106 valence electrons. The third-order valence-electron chi connectivity index (χ3n) is 3.27. The van der Waals surface area contributed by atoms with Gasteiger partial charge in [0, 0.05) is 10.9 Å². The van der Waals surface area contributed by atoms with E-state index in [9.17, 15) is 4.79 Å². The SMILES string of the molecule is COC(=O)c1c(-c2ccc(C(C)(C)C)cc2)csc1N. The lowest BCUT2D eigenvalue weighted by molar-refractivity contribution is 0.0603. The van der Waals surface area contributed by atoms with Gasteiger partial charge in [0.05, 0.1) is 7.11 Å². The molecule has 3 nitrogen and oxygen atoms in total. The Bertz CT molecular complexity index is 621. The van der Waals surface area contributed by atoms with Gasteiger partial charge in [0.15, 0.2) is 0 Å². The molecule has 0 atom stereocenters. The van der Waals surface area contributed by atoms with Crippen LogP contribution in [0.25, 0.3) is 11.1 Å². The number of esters is 1. The molecule has 0 unspecified atom stereocenters. The van der Waals surface area contributed by atoms with E-state index in [4.69, 9.17) is 10.5 Å². The number of thiophene rings is 1. The van der Waals surface area contributed by atoms with E-state index >= 15 is 0 Å². The zero-order valence-corrected chi connectivity index (χ0v) is 13.0. The fourth-order valence-corrected chi connectivity index (χ4v) is 2.86. The summed E-state index contributed by atoms with van der Waals surface area (Å²) < 4.78 is 4.80. The van der Waals surface area contributed by atoms with Gasteiger partial charge in [-0.15, -0.1) is 11.3 Å². The molecule has 0 spiro atoms. The number of benzene rings is 1. The molecule has 4 heteroatoms. The Labute approximate surface area is 123 Å². The van der Waals surface area contributed by atoms with E-state index in [1.807, 2.05) is 17.5 Å². The minimum absolute atomic E-state index is 0.109. The third kappa shape index (κ3) is 2.70. The predicted molar refractivity (Wildman–Crippen MR) is 84.2 cm³/mol. The molecule has 0 radical (unpaired) electrons. The fourth-order valence-electron chi connectivity index (χ4n) is 2.05. The van der Waals surface area contributed by atoms with E-state index in [0.717, 1.165) is 11.1 Å². The Morgan fingerprint density at radius 1 is 1.20 bits per heavy atom. The maximum atomic E-state index is 11.8. The van der Waals surface area contributed by atoms with Gasteiger partial charge in [-0.05, 0) is 16.5 Å². The van der Waals surface area contributed by atoms with Gasteiger partial charge in [0.1, 0.15) is 10.6 Å². The quantitative estimate of drug-likeness (QED) is 0.847. The standard InChI is InChI=1S/C16H19NO2S/c1-16(2,3)11-7-5-10(6-8-11)12-9-20-14(17)13(12)15(18)19-4/h5-9H,17H2,1-4H3. The van der Waals surface area contributed by atoms with Crippen molar-refractivity contribution in [3.8, 4) is 11.1 Å². The minimum atomic E-state index is -0.390. The molecule has 0 amide bonds. The molecule has 0 bridgehead atoms. The zero-order chi connectivity index (χ0) is 14.9. The summed E-state index contributed by atoms with van der Waals surface area (Å²) in [5, 5.41) is 2.39. The summed E-state index contributed by atoms with van der Waals surface area (Å²) in [4.78, 5) is 11.8. The van der Waals surface area contributed by atoms with Gasteiger partial charge in [0.2, 0.25) is 0 Å². The molecule has 1 aromatic carbocycles. The Hall–Kier alpha value is -1.81. The largest absolute Gasteiger partial charge is 0.465 e. The summed E-state index contributed by atoms with van der Waals surface area (Å²) in [7, 11) is 1.37. The molecular weight excluding hydrogens is 270 g/mol. The van der Waals surface area contributed by atoms with Crippen LogP contribution in [0.2, 0.25) is 0 Å². The van der Waals surface area contributed by atoms with Crippen LogP contribution in [-0.2, 0) is 10.2 Å². The molecule has 0 aliphatic carbocycles. The normalized spacial score (nSPS) is 11.4. The van der Waals surface area contributed by atoms with E-state index in [0.29, 0.717) is 10.6 Å². The lowest BCUT2D eigenvalue weighted by Crippen LogP contribution is -2.10. The van der Waals surface area contributed by atoms with Crippen molar-refractivity contribution in [2.45, 2.75) is 26.2 Å². The fraction of sp³-hybridized carbons (Fsp3) is 0.312. The Balaban J connectivity index is 2.45. The smallest absolute Gasteiger partial charge is 0.341 e. The van der Waals surface area contributed by atoms with E-state index in [1.54, 1.807) is 0 Å². The monoisotopic (exact) mass is 289 g/mol. The highest BCUT2D eigenvalue weighted by Gasteiger charge is 2.20. The summed E-state index contributed by atoms with van der Waals surface area (Å²) >= 11 is 1.36. The molecule has 20 heavy (non-hydrogen) atoms. The number of ether oxygens (including phenoxy) is 1. The van der Waals surface area contributed by atoms with E-state index in [1.165, 1.54) is 24.0 Å². The van der Waals surface area contributed by atoms with Gasteiger partial charge in [-0.25, -0.2) is 4.79 Å². The number of nitrogens with two attached hydrogens (primary N) is 1. The predicted octanol–water partition coefficient (Wildman–Crippen LogP) is 4.08. The van der Waals surface area contributed by atoms with Crippen molar-refractivity contribution in [2.75, 3.05) is 12.8 Å². The van der Waals surface area contributed by atoms with E-state index in [-0.39, 0.29) is 5.41 Å². The minimum Gasteiger partial charge on any atom is -0.465 e. The molecule has 2 rings (SSSR count). The number of nitrogen functional groups attached to an aromatic ring is 1. The number of carbonyl (C=O) groups is 1. The van der Waals surface area contributed by atoms with E-state index < -0.39 is 5.97 Å². The number of rotatable bonds is 2. The molecule has 0 saturated carbocycles. The first-order valence-electron chi connectivity index (χ1n) is 6.41. The molecule has 0 fully saturated rings. The average Bonchev–Trinajstić information content (AvgIpc) is 2.79. The first-order chi connectivity index (χ1) is 9.34. The number of anilines is 1. The summed E-state index contributed by atoms with van der Waals surface area (Å²) in [5.41, 5.74) is 9.50. The van der Waals surface area contributed by atoms with Crippen molar-refractivity contribution >= 4 is 22.3 Å². The Morgan fingerprint density at radius 2 is 1.80 bits per heavy atom. The zero-order valence-electron chi connectivity index (χ0n) is 12.2. The molecule has 0 saturated heterocycles. The number of carbonyl (C=O) groups excluding carboxylic acids is 1. The van der Waals surface area contributed by atoms with Crippen LogP contribution in [0.15, 0.2) is 29.6 Å². The van der Waals surface area contributed by atoms with Gasteiger partial charge in [-0.1, -0.05) is 45.0 Å². The topological polar surface area (TPSA) is 52.3 Å². The van der Waals surface area contributed by atoms with Crippen LogP contribution in [0, 0.1) is 0 Å². The lowest BCUT2D eigenvalue weighted by Gasteiger charge is -2.19. The second-order valence-corrected chi connectivity index (χ2v) is 6.62. The summed E-state index contributed by atoms with van der Waals surface area (Å²) in [6.45, 7) is 6.51. The van der Waals surface area contributed by atoms with Gasteiger partial charge < -0.3 is 10.5 Å². The first kappa shape index (κ1) is 14.6. The van der Waals surface area contributed by atoms with Crippen molar-refractivity contribution in [3.63, 3.8) is 0 Å². The summed E-state index contributed by atoms with van der Waals surface area (Å²) in [5.74, 6) is -0.390. The second-order valence-electron chi connectivity index (χ2n) is 5.71. The van der Waals surface area contributed by atoms with Crippen LogP contribution in [0.4, 0.5) is 5.00 Å². The molecule has 1 aromatic heterocycles. The molecule has 1 heterocycles. The van der Waals surface area contributed by atoms with Crippen LogP contribution < -0.4 is 5.73 Å².